The average molecular weight is 219 g/mol. The van der Waals surface area contributed by atoms with E-state index in [1.165, 1.54) is 0 Å². The lowest BCUT2D eigenvalue weighted by Gasteiger charge is -2.02. The van der Waals surface area contributed by atoms with E-state index in [1.807, 2.05) is 0 Å². The quantitative estimate of drug-likeness (QED) is 0.665. The Morgan fingerprint density at radius 1 is 1.40 bits per heavy atom. The molecule has 0 saturated carbocycles. The lowest BCUT2D eigenvalue weighted by Crippen LogP contribution is -2.22. The van der Waals surface area contributed by atoms with Crippen molar-refractivity contribution in [3.63, 3.8) is 0 Å². The van der Waals surface area contributed by atoms with E-state index in [0.717, 1.165) is 0 Å². The van der Waals surface area contributed by atoms with Gasteiger partial charge in [-0.25, -0.2) is 0 Å². The van der Waals surface area contributed by atoms with Gasteiger partial charge < -0.3 is 0 Å². The molecule has 0 rings (SSSR count). The number of halogens is 4. The fourth-order valence-corrected chi connectivity index (χ4v) is 0.649. The number of carbonyl (C=O) groups is 1. The molecule has 0 spiro atoms. The van der Waals surface area contributed by atoms with Crippen molar-refractivity contribution in [3.05, 3.63) is 0 Å². The van der Waals surface area contributed by atoms with Gasteiger partial charge in [0.25, 0.3) is 0 Å². The number of alkyl halides is 4. The van der Waals surface area contributed by atoms with Gasteiger partial charge in [0.05, 0.1) is 0 Å². The summed E-state index contributed by atoms with van der Waals surface area (Å²) in [6.45, 7) is 0. The lowest BCUT2D eigenvalue weighted by atomic mass is 10.2. The van der Waals surface area contributed by atoms with Gasteiger partial charge in [-0.05, 0) is 6.42 Å². The third-order valence-electron chi connectivity index (χ3n) is 0.854. The molecule has 10 heavy (non-hydrogen) atoms. The molecule has 0 atom stereocenters. The van der Waals surface area contributed by atoms with Crippen molar-refractivity contribution < 1.29 is 18.0 Å². The zero-order valence-electron chi connectivity index (χ0n) is 5.04. The maximum Gasteiger partial charge on any atom is 0.449 e. The average Bonchev–Trinajstić information content (AvgIpc) is 1.80. The minimum Gasteiger partial charge on any atom is -0.290 e. The fraction of sp³-hybridized carbons (Fsp3) is 0.800. The smallest absolute Gasteiger partial charge is 0.290 e. The summed E-state index contributed by atoms with van der Waals surface area (Å²) in [7, 11) is 0. The largest absolute Gasteiger partial charge is 0.449 e. The second-order valence-electron chi connectivity index (χ2n) is 1.71. The summed E-state index contributed by atoms with van der Waals surface area (Å²) in [6.07, 6.45) is -4.84. The fourth-order valence-electron chi connectivity index (χ4n) is 0.369. The van der Waals surface area contributed by atoms with Crippen LogP contribution in [0.4, 0.5) is 13.2 Å². The molecular formula is C5H6BrF3O. The van der Waals surface area contributed by atoms with Crippen LogP contribution in [0.3, 0.4) is 0 Å². The Kier molecular flexibility index (Phi) is 3.93. The van der Waals surface area contributed by atoms with Gasteiger partial charge in [0.15, 0.2) is 0 Å². The number of carbonyl (C=O) groups excluding carboxylic acids is 1. The molecule has 0 unspecified atom stereocenters. The molecule has 0 N–H and O–H groups in total. The van der Waals surface area contributed by atoms with E-state index in [9.17, 15) is 18.0 Å². The van der Waals surface area contributed by atoms with Gasteiger partial charge in [0, 0.05) is 11.8 Å². The Labute approximate surface area is 64.7 Å². The third-order valence-corrected chi connectivity index (χ3v) is 1.41. The van der Waals surface area contributed by atoms with E-state index in [0.29, 0.717) is 5.33 Å². The number of rotatable bonds is 3. The summed E-state index contributed by atoms with van der Waals surface area (Å²) in [5.41, 5.74) is 0. The van der Waals surface area contributed by atoms with Crippen molar-refractivity contribution in [2.45, 2.75) is 19.0 Å². The van der Waals surface area contributed by atoms with Crippen LogP contribution in [0.1, 0.15) is 12.8 Å². The summed E-state index contributed by atoms with van der Waals surface area (Å²) >= 11 is 2.93. The van der Waals surface area contributed by atoms with Crippen LogP contribution in [-0.4, -0.2) is 17.3 Å². The Morgan fingerprint density at radius 3 is 2.20 bits per heavy atom. The van der Waals surface area contributed by atoms with Crippen LogP contribution in [0.25, 0.3) is 0 Å². The first-order chi connectivity index (χ1) is 4.48. The first-order valence-electron chi connectivity index (χ1n) is 2.64. The van der Waals surface area contributed by atoms with E-state index >= 15 is 0 Å². The van der Waals surface area contributed by atoms with Crippen LogP contribution in [0.2, 0.25) is 0 Å². The number of hydrogen-bond acceptors (Lipinski definition) is 1. The molecule has 0 aromatic heterocycles. The molecule has 0 aromatic carbocycles. The van der Waals surface area contributed by atoms with Crippen molar-refractivity contribution >= 4 is 21.7 Å². The monoisotopic (exact) mass is 218 g/mol. The van der Waals surface area contributed by atoms with Gasteiger partial charge in [-0.3, -0.25) is 4.79 Å². The summed E-state index contributed by atoms with van der Waals surface area (Å²) in [5, 5.41) is 0.425. The SMILES string of the molecule is O=C(CCCBr)C(F)(F)F. The molecule has 0 aliphatic carbocycles. The molecule has 60 valence electrons. The van der Waals surface area contributed by atoms with Crippen molar-refractivity contribution in [2.75, 3.05) is 5.33 Å². The Balaban J connectivity index is 3.64. The molecule has 5 heteroatoms. The maximum atomic E-state index is 11.4. The van der Waals surface area contributed by atoms with Crippen molar-refractivity contribution in [2.24, 2.45) is 0 Å². The zero-order valence-corrected chi connectivity index (χ0v) is 6.63. The molecular weight excluding hydrogens is 213 g/mol. The summed E-state index contributed by atoms with van der Waals surface area (Å²) in [5.74, 6) is -1.65. The van der Waals surface area contributed by atoms with Gasteiger partial charge in [0.1, 0.15) is 0 Å². The van der Waals surface area contributed by atoms with Gasteiger partial charge in [-0.2, -0.15) is 13.2 Å². The summed E-state index contributed by atoms with van der Waals surface area (Å²) in [6, 6.07) is 0. The van der Waals surface area contributed by atoms with Gasteiger partial charge in [-0.1, -0.05) is 15.9 Å². The lowest BCUT2D eigenvalue weighted by molar-refractivity contribution is -0.171. The van der Waals surface area contributed by atoms with Crippen LogP contribution < -0.4 is 0 Å². The van der Waals surface area contributed by atoms with Crippen LogP contribution in [0, 0.1) is 0 Å². The molecule has 0 aliphatic heterocycles. The van der Waals surface area contributed by atoms with Crippen molar-refractivity contribution in [1.82, 2.24) is 0 Å². The highest BCUT2D eigenvalue weighted by molar-refractivity contribution is 9.09. The first-order valence-corrected chi connectivity index (χ1v) is 3.76. The highest BCUT2D eigenvalue weighted by atomic mass is 79.9. The normalized spacial score (nSPS) is 11.6. The van der Waals surface area contributed by atoms with Gasteiger partial charge >= 0.3 is 6.18 Å². The second-order valence-corrected chi connectivity index (χ2v) is 2.51. The molecule has 0 amide bonds. The molecule has 0 heterocycles. The Hall–Kier alpha value is -0.0600. The molecule has 0 aromatic rings. The predicted octanol–water partition coefficient (Wildman–Crippen LogP) is 2.29. The van der Waals surface area contributed by atoms with E-state index in [1.54, 1.807) is 0 Å². The minimum absolute atomic E-state index is 0.234. The molecule has 0 bridgehead atoms. The van der Waals surface area contributed by atoms with Crippen molar-refractivity contribution in [3.8, 4) is 0 Å². The maximum absolute atomic E-state index is 11.4. The summed E-state index contributed by atoms with van der Waals surface area (Å²) in [4.78, 5) is 10.1. The Bertz CT molecular complexity index is 121. The van der Waals surface area contributed by atoms with Crippen LogP contribution in [-0.2, 0) is 4.79 Å². The van der Waals surface area contributed by atoms with E-state index in [2.05, 4.69) is 15.9 Å². The van der Waals surface area contributed by atoms with Gasteiger partial charge in [0.2, 0.25) is 5.78 Å². The molecule has 0 radical (unpaired) electrons. The topological polar surface area (TPSA) is 17.1 Å². The Morgan fingerprint density at radius 2 is 1.90 bits per heavy atom. The molecule has 0 fully saturated rings. The van der Waals surface area contributed by atoms with Crippen LogP contribution in [0.15, 0.2) is 0 Å². The number of hydrogen-bond donors (Lipinski definition) is 0. The van der Waals surface area contributed by atoms with Crippen LogP contribution >= 0.6 is 15.9 Å². The zero-order chi connectivity index (χ0) is 8.20. The molecule has 0 aliphatic rings. The minimum atomic E-state index is -4.65. The summed E-state index contributed by atoms with van der Waals surface area (Å²) < 4.78 is 34.2. The van der Waals surface area contributed by atoms with Gasteiger partial charge in [-0.15, -0.1) is 0 Å². The van der Waals surface area contributed by atoms with E-state index in [4.69, 9.17) is 0 Å². The van der Waals surface area contributed by atoms with Crippen LogP contribution in [0.5, 0.6) is 0 Å². The third kappa shape index (κ3) is 3.87. The van der Waals surface area contributed by atoms with E-state index in [-0.39, 0.29) is 6.42 Å². The number of Topliss-reactive ketones (excluding diaryl/α,β-unsaturated/α-hetero) is 1. The first kappa shape index (κ1) is 9.94. The predicted molar refractivity (Wildman–Crippen MR) is 34.1 cm³/mol. The van der Waals surface area contributed by atoms with Crippen molar-refractivity contribution in [1.29, 1.82) is 0 Å². The van der Waals surface area contributed by atoms with E-state index < -0.39 is 18.4 Å². The number of ketones is 1. The second kappa shape index (κ2) is 3.95. The highest BCUT2D eigenvalue weighted by Gasteiger charge is 2.36. The molecule has 1 nitrogen and oxygen atoms in total. The standard InChI is InChI=1S/C5H6BrF3O/c6-3-1-2-4(10)5(7,8)9/h1-3H2. The highest BCUT2D eigenvalue weighted by Crippen LogP contribution is 2.18. The molecule has 0 saturated heterocycles.